The molecule has 1 aliphatic heterocycles. The highest BCUT2D eigenvalue weighted by Crippen LogP contribution is 2.45. The molecule has 6 nitrogen and oxygen atoms in total. The predicted molar refractivity (Wildman–Crippen MR) is 136 cm³/mol. The number of rotatable bonds is 7. The van der Waals surface area contributed by atoms with Crippen LogP contribution in [0.1, 0.15) is 42.7 Å². The standard InChI is InChI=1S/C30H28N2O4/c1-20-27(30(34)36-17-16-35-24-10-6-3-7-11-24)28(22-12-14-31-15-13-22)29-25(32-20)18-23(19-26(29)33)21-8-4-2-5-9-21/h2-15,23,28,32H,16-19H2,1H3. The van der Waals surface area contributed by atoms with E-state index < -0.39 is 11.9 Å². The van der Waals surface area contributed by atoms with Crippen molar-refractivity contribution in [3.63, 3.8) is 0 Å². The van der Waals surface area contributed by atoms with Crippen molar-refractivity contribution in [3.8, 4) is 5.75 Å². The molecule has 5 rings (SSSR count). The van der Waals surface area contributed by atoms with Gasteiger partial charge in [-0.2, -0.15) is 0 Å². The van der Waals surface area contributed by atoms with Crippen LogP contribution in [0.4, 0.5) is 0 Å². The Kier molecular flexibility index (Phi) is 6.94. The summed E-state index contributed by atoms with van der Waals surface area (Å²) in [5.74, 6) is -0.100. The van der Waals surface area contributed by atoms with E-state index in [1.807, 2.05) is 67.6 Å². The zero-order chi connectivity index (χ0) is 24.9. The van der Waals surface area contributed by atoms with Gasteiger partial charge in [-0.25, -0.2) is 4.79 Å². The van der Waals surface area contributed by atoms with E-state index in [2.05, 4.69) is 22.4 Å². The normalized spacial score (nSPS) is 19.4. The molecular weight excluding hydrogens is 452 g/mol. The maximum Gasteiger partial charge on any atom is 0.336 e. The number of carbonyl (C=O) groups is 2. The molecule has 36 heavy (non-hydrogen) atoms. The largest absolute Gasteiger partial charge is 0.490 e. The van der Waals surface area contributed by atoms with Gasteiger partial charge in [0.05, 0.1) is 5.57 Å². The van der Waals surface area contributed by atoms with Crippen molar-refractivity contribution in [2.45, 2.75) is 31.6 Å². The fraction of sp³-hybridized carbons (Fsp3) is 0.233. The van der Waals surface area contributed by atoms with E-state index in [-0.39, 0.29) is 24.9 Å². The number of carbonyl (C=O) groups excluding carboxylic acids is 2. The third-order valence-corrected chi connectivity index (χ3v) is 6.69. The second-order valence-electron chi connectivity index (χ2n) is 9.01. The Morgan fingerprint density at radius 1 is 0.917 bits per heavy atom. The molecule has 0 amide bonds. The third kappa shape index (κ3) is 4.93. The minimum absolute atomic E-state index is 0.0460. The average Bonchev–Trinajstić information content (AvgIpc) is 2.91. The molecule has 6 heteroatoms. The van der Waals surface area contributed by atoms with Crippen molar-refractivity contribution in [1.29, 1.82) is 0 Å². The van der Waals surface area contributed by atoms with E-state index in [1.54, 1.807) is 12.4 Å². The number of allylic oxidation sites excluding steroid dienone is 3. The summed E-state index contributed by atoms with van der Waals surface area (Å²) in [4.78, 5) is 31.1. The van der Waals surface area contributed by atoms with Crippen LogP contribution in [0.15, 0.2) is 108 Å². The fourth-order valence-corrected chi connectivity index (χ4v) is 5.05. The van der Waals surface area contributed by atoms with Crippen molar-refractivity contribution in [2.24, 2.45) is 0 Å². The maximum atomic E-state index is 13.6. The molecule has 2 heterocycles. The van der Waals surface area contributed by atoms with E-state index in [0.717, 1.165) is 16.8 Å². The SMILES string of the molecule is CC1=C(C(=O)OCCOc2ccccc2)C(c2ccncc2)C2=C(CC(c3ccccc3)CC2=O)N1. The summed E-state index contributed by atoms with van der Waals surface area (Å²) >= 11 is 0. The van der Waals surface area contributed by atoms with Crippen molar-refractivity contribution in [3.05, 3.63) is 119 Å². The first-order valence-corrected chi connectivity index (χ1v) is 12.2. The van der Waals surface area contributed by atoms with E-state index in [1.165, 1.54) is 0 Å². The molecule has 2 aliphatic rings. The highest BCUT2D eigenvalue weighted by atomic mass is 16.6. The molecule has 1 aromatic heterocycles. The topological polar surface area (TPSA) is 77.5 Å². The minimum Gasteiger partial charge on any atom is -0.490 e. The first-order chi connectivity index (χ1) is 17.6. The molecule has 2 unspecified atom stereocenters. The van der Waals surface area contributed by atoms with E-state index in [4.69, 9.17) is 9.47 Å². The van der Waals surface area contributed by atoms with E-state index in [9.17, 15) is 9.59 Å². The monoisotopic (exact) mass is 480 g/mol. The molecular formula is C30H28N2O4. The van der Waals surface area contributed by atoms with E-state index >= 15 is 0 Å². The average molecular weight is 481 g/mol. The van der Waals surface area contributed by atoms with Gasteiger partial charge in [-0.15, -0.1) is 0 Å². The molecule has 0 saturated heterocycles. The molecule has 2 aromatic carbocycles. The summed E-state index contributed by atoms with van der Waals surface area (Å²) in [6, 6.07) is 23.2. The van der Waals surface area contributed by atoms with Crippen LogP contribution >= 0.6 is 0 Å². The van der Waals surface area contributed by atoms with Gasteiger partial charge in [0.2, 0.25) is 0 Å². The second-order valence-corrected chi connectivity index (χ2v) is 9.01. The van der Waals surface area contributed by atoms with Gasteiger partial charge >= 0.3 is 5.97 Å². The second kappa shape index (κ2) is 10.6. The minimum atomic E-state index is -0.504. The number of esters is 1. The summed E-state index contributed by atoms with van der Waals surface area (Å²) < 4.78 is 11.3. The Balaban J connectivity index is 1.39. The Bertz CT molecular complexity index is 1300. The number of nitrogens with one attached hydrogen (secondary N) is 1. The zero-order valence-corrected chi connectivity index (χ0v) is 20.1. The summed E-state index contributed by atoms with van der Waals surface area (Å²) in [7, 11) is 0. The number of nitrogens with zero attached hydrogens (tertiary/aromatic N) is 1. The van der Waals surface area contributed by atoms with Gasteiger partial charge in [0.25, 0.3) is 0 Å². The van der Waals surface area contributed by atoms with E-state index in [0.29, 0.717) is 35.4 Å². The van der Waals surface area contributed by atoms with Crippen LogP contribution in [-0.2, 0) is 14.3 Å². The van der Waals surface area contributed by atoms with Crippen LogP contribution in [0.3, 0.4) is 0 Å². The van der Waals surface area contributed by atoms with Gasteiger partial charge in [0, 0.05) is 41.7 Å². The summed E-state index contributed by atoms with van der Waals surface area (Å²) in [6.45, 7) is 2.20. The van der Waals surface area contributed by atoms with Crippen molar-refractivity contribution in [1.82, 2.24) is 10.3 Å². The Morgan fingerprint density at radius 3 is 2.33 bits per heavy atom. The van der Waals surface area contributed by atoms with Crippen LogP contribution in [0.5, 0.6) is 5.75 Å². The van der Waals surface area contributed by atoms with Crippen LogP contribution in [0, 0.1) is 0 Å². The Hall–Kier alpha value is -4.19. The lowest BCUT2D eigenvalue weighted by Gasteiger charge is -2.36. The van der Waals surface area contributed by atoms with Crippen molar-refractivity contribution >= 4 is 11.8 Å². The number of ketones is 1. The number of ether oxygens (including phenoxy) is 2. The quantitative estimate of drug-likeness (QED) is 0.376. The number of hydrogen-bond donors (Lipinski definition) is 1. The summed E-state index contributed by atoms with van der Waals surface area (Å²) in [5.41, 5.74) is 4.66. The molecule has 0 fully saturated rings. The number of hydrogen-bond acceptors (Lipinski definition) is 6. The molecule has 0 bridgehead atoms. The highest BCUT2D eigenvalue weighted by molar-refractivity contribution is 6.04. The summed E-state index contributed by atoms with van der Waals surface area (Å²) in [5, 5.41) is 3.39. The molecule has 1 N–H and O–H groups in total. The number of para-hydroxylation sites is 1. The molecule has 0 saturated carbocycles. The van der Waals surface area contributed by atoms with Gasteiger partial charge in [-0.1, -0.05) is 48.5 Å². The summed E-state index contributed by atoms with van der Waals surface area (Å²) in [6.07, 6.45) is 4.48. The first kappa shape index (κ1) is 23.5. The number of benzene rings is 2. The number of aromatic nitrogens is 1. The fourth-order valence-electron chi connectivity index (χ4n) is 5.05. The van der Waals surface area contributed by atoms with Gasteiger partial charge in [-0.05, 0) is 54.7 Å². The van der Waals surface area contributed by atoms with Crippen LogP contribution < -0.4 is 10.1 Å². The van der Waals surface area contributed by atoms with Crippen LogP contribution in [0.25, 0.3) is 0 Å². The van der Waals surface area contributed by atoms with Crippen LogP contribution in [-0.4, -0.2) is 30.0 Å². The van der Waals surface area contributed by atoms with Gasteiger partial charge in [-0.3, -0.25) is 9.78 Å². The van der Waals surface area contributed by atoms with Crippen molar-refractivity contribution in [2.75, 3.05) is 13.2 Å². The smallest absolute Gasteiger partial charge is 0.336 e. The molecule has 3 aromatic rings. The Morgan fingerprint density at radius 2 is 1.61 bits per heavy atom. The first-order valence-electron chi connectivity index (χ1n) is 12.2. The lowest BCUT2D eigenvalue weighted by molar-refractivity contribution is -0.140. The molecule has 1 aliphatic carbocycles. The van der Waals surface area contributed by atoms with Gasteiger partial charge < -0.3 is 14.8 Å². The third-order valence-electron chi connectivity index (χ3n) is 6.69. The highest BCUT2D eigenvalue weighted by Gasteiger charge is 2.41. The lowest BCUT2D eigenvalue weighted by atomic mass is 9.72. The Labute approximate surface area is 210 Å². The maximum absolute atomic E-state index is 13.6. The number of pyridine rings is 1. The molecule has 182 valence electrons. The molecule has 0 spiro atoms. The number of dihydropyridines is 1. The van der Waals surface area contributed by atoms with Crippen LogP contribution in [0.2, 0.25) is 0 Å². The van der Waals surface area contributed by atoms with Gasteiger partial charge in [0.1, 0.15) is 19.0 Å². The zero-order valence-electron chi connectivity index (χ0n) is 20.1. The van der Waals surface area contributed by atoms with Gasteiger partial charge in [0.15, 0.2) is 5.78 Å². The predicted octanol–water partition coefficient (Wildman–Crippen LogP) is 5.07. The molecule has 2 atom stereocenters. The lowest BCUT2D eigenvalue weighted by Crippen LogP contribution is -2.36. The number of Topliss-reactive ketones (excluding diaryl/α,β-unsaturated/α-hetero) is 1. The molecule has 0 radical (unpaired) electrons. The van der Waals surface area contributed by atoms with Crippen molar-refractivity contribution < 1.29 is 19.1 Å².